The number of nitrogens with zero attached hydrogens (tertiary/aromatic N) is 5. The van der Waals surface area contributed by atoms with Gasteiger partial charge in [0, 0.05) is 37.3 Å². The second-order valence-corrected chi connectivity index (χ2v) is 9.22. The maximum absolute atomic E-state index is 12.3. The van der Waals surface area contributed by atoms with Gasteiger partial charge in [-0.05, 0) is 37.5 Å². The van der Waals surface area contributed by atoms with E-state index < -0.39 is 0 Å². The molecule has 9 heteroatoms. The zero-order chi connectivity index (χ0) is 20.4. The molecule has 4 aromatic heterocycles. The Morgan fingerprint density at radius 2 is 2.13 bits per heavy atom. The van der Waals surface area contributed by atoms with Crippen molar-refractivity contribution in [2.45, 2.75) is 31.8 Å². The fourth-order valence-corrected chi connectivity index (χ4v) is 6.24. The molecule has 8 nitrogen and oxygen atoms in total. The molecule has 0 aromatic carbocycles. The van der Waals surface area contributed by atoms with Gasteiger partial charge in [0.2, 0.25) is 10.8 Å². The van der Waals surface area contributed by atoms with Crippen LogP contribution in [0.15, 0.2) is 45.8 Å². The summed E-state index contributed by atoms with van der Waals surface area (Å²) in [6.07, 6.45) is 2.74. The maximum atomic E-state index is 12.3. The Morgan fingerprint density at radius 3 is 2.93 bits per heavy atom. The molecule has 2 aliphatic heterocycles. The summed E-state index contributed by atoms with van der Waals surface area (Å²) in [5, 5.41) is 15.3. The topological polar surface area (TPSA) is 88.8 Å². The first-order valence-corrected chi connectivity index (χ1v) is 10.9. The summed E-state index contributed by atoms with van der Waals surface area (Å²) >= 11 is 1.44. The largest absolute Gasteiger partial charge is 0.492 e. The molecule has 0 radical (unpaired) electrons. The van der Waals surface area contributed by atoms with Crippen molar-refractivity contribution in [3.05, 3.63) is 69.1 Å². The predicted molar refractivity (Wildman–Crippen MR) is 111 cm³/mol. The lowest BCUT2D eigenvalue weighted by Crippen LogP contribution is -2.48. The number of fused-ring (bicyclic) bond motifs is 5. The zero-order valence-electron chi connectivity index (χ0n) is 16.4. The molecule has 2 bridgehead atoms. The molecule has 1 saturated heterocycles. The van der Waals surface area contributed by atoms with Crippen LogP contribution in [-0.2, 0) is 6.54 Å². The standard InChI is InChI=1S/C21H21N5O3S/c1-12-22-21-26(23-12)20(28)19(30-21)18(16-5-3-7-29-16)24-9-13-8-14(11-24)15-4-2-6-17(27)25(15)10-13/h2-7,13-14,18,28H,8-11H2,1H3. The molecule has 2 aliphatic rings. The molecule has 3 atom stereocenters. The fourth-order valence-electron chi connectivity index (χ4n) is 5.09. The SMILES string of the molecule is Cc1nc2sc(C(c3ccco3)N3CC4CC(C3)c3cccc(=O)n3C4)c(O)n2n1. The molecular formula is C21H21N5O3S. The van der Waals surface area contributed by atoms with Crippen LogP contribution in [0.4, 0.5) is 0 Å². The van der Waals surface area contributed by atoms with E-state index >= 15 is 0 Å². The van der Waals surface area contributed by atoms with E-state index in [9.17, 15) is 9.90 Å². The molecule has 1 N–H and O–H groups in total. The minimum Gasteiger partial charge on any atom is -0.492 e. The van der Waals surface area contributed by atoms with Gasteiger partial charge in [-0.2, -0.15) is 4.52 Å². The van der Waals surface area contributed by atoms with Gasteiger partial charge in [0.1, 0.15) is 17.6 Å². The minimum absolute atomic E-state index is 0.0804. The van der Waals surface area contributed by atoms with Crippen molar-refractivity contribution in [1.29, 1.82) is 0 Å². The lowest BCUT2D eigenvalue weighted by molar-refractivity contribution is 0.0872. The van der Waals surface area contributed by atoms with E-state index in [1.807, 2.05) is 29.7 Å². The van der Waals surface area contributed by atoms with Crippen LogP contribution in [-0.4, -0.2) is 42.3 Å². The van der Waals surface area contributed by atoms with Crippen LogP contribution < -0.4 is 5.56 Å². The van der Waals surface area contributed by atoms with Gasteiger partial charge in [-0.1, -0.05) is 17.4 Å². The second kappa shape index (κ2) is 6.55. The molecule has 0 spiro atoms. The summed E-state index contributed by atoms with van der Waals surface area (Å²) in [6.45, 7) is 4.16. The molecule has 154 valence electrons. The van der Waals surface area contributed by atoms with Gasteiger partial charge < -0.3 is 14.1 Å². The van der Waals surface area contributed by atoms with Gasteiger partial charge in [0.25, 0.3) is 5.56 Å². The number of hydrogen-bond acceptors (Lipinski definition) is 7. The quantitative estimate of drug-likeness (QED) is 0.545. The Labute approximate surface area is 176 Å². The third-order valence-corrected chi connectivity index (χ3v) is 7.31. The van der Waals surface area contributed by atoms with Crippen LogP contribution in [0.5, 0.6) is 5.88 Å². The van der Waals surface area contributed by atoms with Crippen molar-refractivity contribution in [1.82, 2.24) is 24.1 Å². The molecule has 1 fully saturated rings. The Morgan fingerprint density at radius 1 is 1.23 bits per heavy atom. The summed E-state index contributed by atoms with van der Waals surface area (Å²) in [7, 11) is 0. The second-order valence-electron chi connectivity index (χ2n) is 8.21. The number of furan rings is 1. The molecule has 0 amide bonds. The van der Waals surface area contributed by atoms with Crippen LogP contribution in [0.3, 0.4) is 0 Å². The highest BCUT2D eigenvalue weighted by atomic mass is 32.1. The van der Waals surface area contributed by atoms with Gasteiger partial charge in [-0.15, -0.1) is 5.10 Å². The van der Waals surface area contributed by atoms with Gasteiger partial charge in [-0.3, -0.25) is 9.69 Å². The molecule has 30 heavy (non-hydrogen) atoms. The van der Waals surface area contributed by atoms with E-state index in [2.05, 4.69) is 21.0 Å². The van der Waals surface area contributed by atoms with Crippen molar-refractivity contribution >= 4 is 16.3 Å². The normalized spacial score (nSPS) is 22.3. The summed E-state index contributed by atoms with van der Waals surface area (Å²) in [6, 6.07) is 9.17. The van der Waals surface area contributed by atoms with Gasteiger partial charge in [-0.25, -0.2) is 4.98 Å². The maximum Gasteiger partial charge on any atom is 0.250 e. The van der Waals surface area contributed by atoms with Crippen molar-refractivity contribution in [2.24, 2.45) is 5.92 Å². The number of aromatic hydroxyl groups is 1. The van der Waals surface area contributed by atoms with E-state index in [0.29, 0.717) is 16.7 Å². The lowest BCUT2D eigenvalue weighted by Gasteiger charge is -2.45. The number of rotatable bonds is 3. The Hall–Kier alpha value is -2.91. The van der Waals surface area contributed by atoms with E-state index in [1.165, 1.54) is 15.9 Å². The highest BCUT2D eigenvalue weighted by molar-refractivity contribution is 7.17. The monoisotopic (exact) mass is 423 g/mol. The van der Waals surface area contributed by atoms with E-state index in [0.717, 1.165) is 42.4 Å². The van der Waals surface area contributed by atoms with Gasteiger partial charge in [0.05, 0.1) is 11.1 Å². The number of thiazole rings is 1. The number of piperidine rings is 1. The van der Waals surface area contributed by atoms with Crippen LogP contribution in [0.2, 0.25) is 0 Å². The van der Waals surface area contributed by atoms with E-state index in [1.54, 1.807) is 12.3 Å². The number of likely N-dealkylation sites (tertiary alicyclic amines) is 1. The molecule has 0 saturated carbocycles. The summed E-state index contributed by atoms with van der Waals surface area (Å²) in [4.78, 5) is 20.6. The summed E-state index contributed by atoms with van der Waals surface area (Å²) in [5.41, 5.74) is 1.18. The van der Waals surface area contributed by atoms with Crippen LogP contribution in [0, 0.1) is 12.8 Å². The number of aryl methyl sites for hydroxylation is 1. The molecular weight excluding hydrogens is 402 g/mol. The van der Waals surface area contributed by atoms with E-state index in [4.69, 9.17) is 4.42 Å². The van der Waals surface area contributed by atoms with E-state index in [-0.39, 0.29) is 23.4 Å². The van der Waals surface area contributed by atoms with Crippen molar-refractivity contribution in [2.75, 3.05) is 13.1 Å². The van der Waals surface area contributed by atoms with Crippen LogP contribution in [0.25, 0.3) is 4.96 Å². The Kier molecular flexibility index (Phi) is 3.91. The first-order valence-electron chi connectivity index (χ1n) is 10.1. The Balaban J connectivity index is 1.43. The highest BCUT2D eigenvalue weighted by Gasteiger charge is 2.40. The zero-order valence-corrected chi connectivity index (χ0v) is 17.2. The van der Waals surface area contributed by atoms with Crippen molar-refractivity contribution in [3.8, 4) is 5.88 Å². The molecule has 6 heterocycles. The fraction of sp³-hybridized carbons (Fsp3) is 0.381. The molecule has 6 rings (SSSR count). The molecule has 3 unspecified atom stereocenters. The molecule has 4 aromatic rings. The summed E-state index contributed by atoms with van der Waals surface area (Å²) in [5.74, 6) is 2.18. The van der Waals surface area contributed by atoms with Crippen molar-refractivity contribution < 1.29 is 9.52 Å². The average Bonchev–Trinajstić information content (AvgIpc) is 3.43. The summed E-state index contributed by atoms with van der Waals surface area (Å²) < 4.78 is 9.25. The molecule has 0 aliphatic carbocycles. The van der Waals surface area contributed by atoms with Gasteiger partial charge >= 0.3 is 0 Å². The number of aromatic nitrogens is 4. The number of pyridine rings is 1. The predicted octanol–water partition coefficient (Wildman–Crippen LogP) is 2.77. The average molecular weight is 423 g/mol. The van der Waals surface area contributed by atoms with Crippen molar-refractivity contribution in [3.63, 3.8) is 0 Å². The minimum atomic E-state index is -0.221. The Bertz CT molecular complexity index is 1290. The van der Waals surface area contributed by atoms with Crippen LogP contribution >= 0.6 is 11.3 Å². The van der Waals surface area contributed by atoms with Crippen LogP contribution in [0.1, 0.15) is 40.5 Å². The first kappa shape index (κ1) is 17.9. The first-order chi connectivity index (χ1) is 14.6. The smallest absolute Gasteiger partial charge is 0.250 e. The van der Waals surface area contributed by atoms with Gasteiger partial charge in [0.15, 0.2) is 0 Å². The third kappa shape index (κ3) is 2.65. The third-order valence-electron chi connectivity index (χ3n) is 6.24. The lowest BCUT2D eigenvalue weighted by atomic mass is 9.82. The number of hydrogen-bond donors (Lipinski definition) is 1. The highest BCUT2D eigenvalue weighted by Crippen LogP contribution is 2.44.